The lowest BCUT2D eigenvalue weighted by Gasteiger charge is -2.36. The lowest BCUT2D eigenvalue weighted by Crippen LogP contribution is -2.46. The van der Waals surface area contributed by atoms with Gasteiger partial charge < -0.3 is 14.9 Å². The second kappa shape index (κ2) is 7.21. The smallest absolute Gasteiger partial charge is 0.411 e. The monoisotopic (exact) mass is 426 g/mol. The molecule has 1 heterocycles. The number of carbonyl (C=O) groups is 2. The Balaban J connectivity index is 2.22. The van der Waals surface area contributed by atoms with Crippen molar-refractivity contribution in [1.82, 2.24) is 0 Å². The normalized spacial score (nSPS) is 13.8. The molecule has 1 aliphatic heterocycles. The molecule has 0 bridgehead atoms. The standard InChI is InChI=1S/C17H15ClN2O7S/c1-27-14-5-3-11(18)9-15(14)28(25,26)20-7-6-19(17(23)24)12-4-2-10(16(21)22)8-13(12)20/h2-5,8-9H,6-7H2,1H3,(H,21,22)(H,23,24). The van der Waals surface area contributed by atoms with Gasteiger partial charge in [-0.15, -0.1) is 0 Å². The van der Waals surface area contributed by atoms with E-state index in [1.165, 1.54) is 37.4 Å². The minimum absolute atomic E-state index is 0.0565. The molecule has 0 aliphatic carbocycles. The number of hydrogen-bond donors (Lipinski definition) is 2. The number of benzene rings is 2. The zero-order valence-corrected chi connectivity index (χ0v) is 16.1. The first-order valence-corrected chi connectivity index (χ1v) is 9.72. The van der Waals surface area contributed by atoms with Crippen LogP contribution >= 0.6 is 11.6 Å². The first-order valence-electron chi connectivity index (χ1n) is 7.91. The Labute approximate surface area is 165 Å². The summed E-state index contributed by atoms with van der Waals surface area (Å²) < 4.78 is 32.7. The summed E-state index contributed by atoms with van der Waals surface area (Å²) in [5.41, 5.74) is -0.173. The van der Waals surface area contributed by atoms with Gasteiger partial charge in [0.2, 0.25) is 0 Å². The highest BCUT2D eigenvalue weighted by atomic mass is 35.5. The summed E-state index contributed by atoms with van der Waals surface area (Å²) >= 11 is 5.95. The molecule has 28 heavy (non-hydrogen) atoms. The molecule has 9 nitrogen and oxygen atoms in total. The second-order valence-corrected chi connectivity index (χ2v) is 8.08. The van der Waals surface area contributed by atoms with Gasteiger partial charge in [0.05, 0.1) is 30.6 Å². The van der Waals surface area contributed by atoms with E-state index in [1.807, 2.05) is 0 Å². The maximum Gasteiger partial charge on any atom is 0.411 e. The number of amides is 1. The van der Waals surface area contributed by atoms with Crippen LogP contribution in [0.3, 0.4) is 0 Å². The van der Waals surface area contributed by atoms with E-state index in [0.717, 1.165) is 15.3 Å². The maximum absolute atomic E-state index is 13.3. The van der Waals surface area contributed by atoms with Crippen LogP contribution < -0.4 is 13.9 Å². The first kappa shape index (κ1) is 19.8. The fourth-order valence-corrected chi connectivity index (χ4v) is 4.82. The van der Waals surface area contributed by atoms with Gasteiger partial charge in [0.25, 0.3) is 10.0 Å². The third kappa shape index (κ3) is 3.32. The topological polar surface area (TPSA) is 124 Å². The van der Waals surface area contributed by atoms with Crippen LogP contribution in [-0.2, 0) is 10.0 Å². The van der Waals surface area contributed by atoms with Gasteiger partial charge in [-0.3, -0.25) is 9.21 Å². The molecule has 0 spiro atoms. The van der Waals surface area contributed by atoms with Gasteiger partial charge in [-0.1, -0.05) is 11.6 Å². The zero-order valence-electron chi connectivity index (χ0n) is 14.5. The van der Waals surface area contributed by atoms with E-state index in [0.29, 0.717) is 0 Å². The fraction of sp³-hybridized carbons (Fsp3) is 0.176. The summed E-state index contributed by atoms with van der Waals surface area (Å²) in [4.78, 5) is 23.6. The minimum Gasteiger partial charge on any atom is -0.495 e. The average Bonchev–Trinajstić information content (AvgIpc) is 2.66. The quantitative estimate of drug-likeness (QED) is 0.770. The molecule has 0 radical (unpaired) electrons. The highest BCUT2D eigenvalue weighted by Crippen LogP contribution is 2.39. The predicted octanol–water partition coefficient (Wildman–Crippen LogP) is 2.74. The van der Waals surface area contributed by atoms with Gasteiger partial charge in [0.15, 0.2) is 0 Å². The summed E-state index contributed by atoms with van der Waals surface area (Å²) in [5.74, 6) is -1.21. The number of carboxylic acid groups (broad SMARTS) is 2. The summed E-state index contributed by atoms with van der Waals surface area (Å²) in [6.45, 7) is -0.336. The Kier molecular flexibility index (Phi) is 5.09. The second-order valence-electron chi connectivity index (χ2n) is 5.82. The van der Waals surface area contributed by atoms with E-state index in [2.05, 4.69) is 0 Å². The lowest BCUT2D eigenvalue weighted by atomic mass is 10.1. The molecule has 1 aliphatic rings. The fourth-order valence-electron chi connectivity index (χ4n) is 2.94. The van der Waals surface area contributed by atoms with Crippen LogP contribution in [-0.4, -0.2) is 50.9 Å². The number of methoxy groups -OCH3 is 1. The van der Waals surface area contributed by atoms with E-state index in [4.69, 9.17) is 16.3 Å². The third-order valence-electron chi connectivity index (χ3n) is 4.23. The number of hydrogen-bond acceptors (Lipinski definition) is 5. The van der Waals surface area contributed by atoms with E-state index in [1.54, 1.807) is 0 Å². The Hall–Kier alpha value is -2.98. The molecule has 3 rings (SSSR count). The summed E-state index contributed by atoms with van der Waals surface area (Å²) in [6, 6.07) is 7.70. The largest absolute Gasteiger partial charge is 0.495 e. The third-order valence-corrected chi connectivity index (χ3v) is 6.30. The molecule has 2 aromatic carbocycles. The highest BCUT2D eigenvalue weighted by Gasteiger charge is 2.36. The van der Waals surface area contributed by atoms with Gasteiger partial charge in [0, 0.05) is 11.6 Å². The number of ether oxygens (including phenoxy) is 1. The van der Waals surface area contributed by atoms with E-state index < -0.39 is 22.1 Å². The van der Waals surface area contributed by atoms with Crippen molar-refractivity contribution in [2.45, 2.75) is 4.90 Å². The average molecular weight is 427 g/mol. The molecule has 148 valence electrons. The number of anilines is 2. The van der Waals surface area contributed by atoms with Crippen molar-refractivity contribution in [1.29, 1.82) is 0 Å². The van der Waals surface area contributed by atoms with Crippen LogP contribution in [0.4, 0.5) is 16.2 Å². The van der Waals surface area contributed by atoms with Crippen LogP contribution in [0, 0.1) is 0 Å². The van der Waals surface area contributed by atoms with Crippen LogP contribution in [0.5, 0.6) is 5.75 Å². The van der Waals surface area contributed by atoms with Gasteiger partial charge in [-0.2, -0.15) is 0 Å². The van der Waals surface area contributed by atoms with E-state index in [-0.39, 0.29) is 45.7 Å². The van der Waals surface area contributed by atoms with Crippen molar-refractivity contribution in [3.05, 3.63) is 47.0 Å². The van der Waals surface area contributed by atoms with Crippen molar-refractivity contribution < 1.29 is 33.0 Å². The van der Waals surface area contributed by atoms with Crippen LogP contribution in [0.25, 0.3) is 0 Å². The van der Waals surface area contributed by atoms with Crippen molar-refractivity contribution >= 4 is 45.1 Å². The Morgan fingerprint density at radius 3 is 2.39 bits per heavy atom. The Morgan fingerprint density at radius 1 is 1.07 bits per heavy atom. The minimum atomic E-state index is -4.22. The number of rotatable bonds is 4. The molecular formula is C17H15ClN2O7S. The molecular weight excluding hydrogens is 412 g/mol. The van der Waals surface area contributed by atoms with E-state index in [9.17, 15) is 28.2 Å². The molecule has 2 aromatic rings. The molecule has 2 N–H and O–H groups in total. The lowest BCUT2D eigenvalue weighted by molar-refractivity contribution is 0.0697. The van der Waals surface area contributed by atoms with Gasteiger partial charge in [-0.05, 0) is 36.4 Å². The molecule has 0 saturated heterocycles. The SMILES string of the molecule is COc1ccc(Cl)cc1S(=O)(=O)N1CCN(C(=O)O)c2ccc(C(=O)O)cc21. The number of halogens is 1. The van der Waals surface area contributed by atoms with Gasteiger partial charge >= 0.3 is 12.1 Å². The summed E-state index contributed by atoms with van der Waals surface area (Å²) in [6.07, 6.45) is -1.28. The van der Waals surface area contributed by atoms with Crippen LogP contribution in [0.1, 0.15) is 10.4 Å². The van der Waals surface area contributed by atoms with Crippen molar-refractivity contribution in [3.63, 3.8) is 0 Å². The molecule has 1 amide bonds. The predicted molar refractivity (Wildman–Crippen MR) is 101 cm³/mol. The molecule has 0 saturated carbocycles. The van der Waals surface area contributed by atoms with Crippen molar-refractivity contribution in [2.24, 2.45) is 0 Å². The number of aromatic carboxylic acids is 1. The molecule has 0 aromatic heterocycles. The molecule has 11 heteroatoms. The summed E-state index contributed by atoms with van der Waals surface area (Å²) in [5, 5.41) is 18.8. The Bertz CT molecular complexity index is 1070. The maximum atomic E-state index is 13.3. The van der Waals surface area contributed by atoms with Crippen LogP contribution in [0.2, 0.25) is 5.02 Å². The highest BCUT2D eigenvalue weighted by molar-refractivity contribution is 7.93. The number of sulfonamides is 1. The van der Waals surface area contributed by atoms with Crippen LogP contribution in [0.15, 0.2) is 41.3 Å². The number of nitrogens with zero attached hydrogens (tertiary/aromatic N) is 2. The number of fused-ring (bicyclic) bond motifs is 1. The first-order chi connectivity index (χ1) is 13.2. The zero-order chi connectivity index (χ0) is 20.6. The van der Waals surface area contributed by atoms with Gasteiger partial charge in [0.1, 0.15) is 10.6 Å². The number of carboxylic acids is 1. The van der Waals surface area contributed by atoms with Gasteiger partial charge in [-0.25, -0.2) is 18.0 Å². The van der Waals surface area contributed by atoms with Crippen molar-refractivity contribution in [2.75, 3.05) is 29.4 Å². The summed E-state index contributed by atoms with van der Waals surface area (Å²) in [7, 11) is -2.91. The van der Waals surface area contributed by atoms with E-state index >= 15 is 0 Å². The molecule has 0 atom stereocenters. The Morgan fingerprint density at radius 2 is 1.79 bits per heavy atom. The molecule has 0 unspecified atom stereocenters. The van der Waals surface area contributed by atoms with Crippen molar-refractivity contribution in [3.8, 4) is 5.75 Å². The molecule has 0 fully saturated rings.